The first-order chi connectivity index (χ1) is 8.70. The van der Waals surface area contributed by atoms with Crippen LogP contribution in [0.3, 0.4) is 0 Å². The molecule has 2 heterocycles. The Kier molecular flexibility index (Phi) is 4.38. The lowest BCUT2D eigenvalue weighted by molar-refractivity contribution is 0.0563. The molecule has 2 atom stereocenters. The summed E-state index contributed by atoms with van der Waals surface area (Å²) < 4.78 is 15.4. The molecule has 1 fully saturated rings. The van der Waals surface area contributed by atoms with Crippen molar-refractivity contribution in [1.29, 1.82) is 0 Å². The second-order valence-electron chi connectivity index (χ2n) is 4.51. The number of carbonyl (C=O) groups is 1. The van der Waals surface area contributed by atoms with E-state index in [1.807, 2.05) is 0 Å². The van der Waals surface area contributed by atoms with E-state index in [1.165, 1.54) is 7.11 Å². The molecule has 2 unspecified atom stereocenters. The van der Waals surface area contributed by atoms with Crippen molar-refractivity contribution in [2.45, 2.75) is 26.0 Å². The number of carbonyl (C=O) groups excluding carboxylic acids is 1. The summed E-state index contributed by atoms with van der Waals surface area (Å²) in [6, 6.07) is 3.41. The molecule has 1 aliphatic rings. The standard InChI is InChI=1S/C13H19NO4/c1-9-10(5-6-17-9)7-14-8-11-3-4-12(18-11)13(15)16-2/h3-4,9-10,14H,5-8H2,1-2H3. The minimum Gasteiger partial charge on any atom is -0.463 e. The molecular formula is C13H19NO4. The van der Waals surface area contributed by atoms with Gasteiger partial charge in [0.1, 0.15) is 5.76 Å². The molecule has 0 bridgehead atoms. The van der Waals surface area contributed by atoms with Gasteiger partial charge in [-0.25, -0.2) is 4.79 Å². The van der Waals surface area contributed by atoms with Crippen molar-refractivity contribution >= 4 is 5.97 Å². The van der Waals surface area contributed by atoms with Crippen LogP contribution in [0.1, 0.15) is 29.7 Å². The molecule has 0 radical (unpaired) electrons. The molecule has 0 amide bonds. The van der Waals surface area contributed by atoms with Crippen LogP contribution < -0.4 is 5.32 Å². The Bertz CT molecular complexity index is 401. The maximum absolute atomic E-state index is 11.2. The largest absolute Gasteiger partial charge is 0.463 e. The van der Waals surface area contributed by atoms with Crippen LogP contribution in [0.4, 0.5) is 0 Å². The van der Waals surface area contributed by atoms with Crippen molar-refractivity contribution in [3.63, 3.8) is 0 Å². The van der Waals surface area contributed by atoms with Crippen molar-refractivity contribution in [2.24, 2.45) is 5.92 Å². The van der Waals surface area contributed by atoms with Gasteiger partial charge < -0.3 is 19.2 Å². The highest BCUT2D eigenvalue weighted by Crippen LogP contribution is 2.19. The first-order valence-corrected chi connectivity index (χ1v) is 6.20. The van der Waals surface area contributed by atoms with Gasteiger partial charge in [0, 0.05) is 13.2 Å². The topological polar surface area (TPSA) is 60.7 Å². The SMILES string of the molecule is COC(=O)c1ccc(CNCC2CCOC2C)o1. The fourth-order valence-corrected chi connectivity index (χ4v) is 2.11. The summed E-state index contributed by atoms with van der Waals surface area (Å²) in [6.45, 7) is 4.46. The quantitative estimate of drug-likeness (QED) is 0.807. The van der Waals surface area contributed by atoms with Gasteiger partial charge >= 0.3 is 5.97 Å². The predicted octanol–water partition coefficient (Wildman–Crippen LogP) is 1.58. The summed E-state index contributed by atoms with van der Waals surface area (Å²) in [7, 11) is 1.34. The van der Waals surface area contributed by atoms with E-state index in [0.717, 1.165) is 25.3 Å². The number of ether oxygens (including phenoxy) is 2. The van der Waals surface area contributed by atoms with E-state index in [-0.39, 0.29) is 5.76 Å². The van der Waals surface area contributed by atoms with E-state index in [9.17, 15) is 4.79 Å². The Morgan fingerprint density at radius 1 is 1.56 bits per heavy atom. The normalized spacial score (nSPS) is 23.2. The fourth-order valence-electron chi connectivity index (χ4n) is 2.11. The van der Waals surface area contributed by atoms with Crippen molar-refractivity contribution in [2.75, 3.05) is 20.3 Å². The van der Waals surface area contributed by atoms with Crippen LogP contribution in [0, 0.1) is 5.92 Å². The number of methoxy groups -OCH3 is 1. The summed E-state index contributed by atoms with van der Waals surface area (Å²) in [5, 5.41) is 3.32. The third-order valence-corrected chi connectivity index (χ3v) is 3.29. The predicted molar refractivity (Wildman–Crippen MR) is 65.3 cm³/mol. The Morgan fingerprint density at radius 2 is 2.39 bits per heavy atom. The highest BCUT2D eigenvalue weighted by molar-refractivity contribution is 5.86. The Morgan fingerprint density at radius 3 is 3.06 bits per heavy atom. The molecule has 1 aromatic heterocycles. The van der Waals surface area contributed by atoms with E-state index >= 15 is 0 Å². The van der Waals surface area contributed by atoms with Gasteiger partial charge in [-0.3, -0.25) is 0 Å². The summed E-state index contributed by atoms with van der Waals surface area (Å²) >= 11 is 0. The fraction of sp³-hybridized carbons (Fsp3) is 0.615. The van der Waals surface area contributed by atoms with Gasteiger partial charge in [-0.05, 0) is 31.4 Å². The van der Waals surface area contributed by atoms with Gasteiger partial charge in [0.25, 0.3) is 0 Å². The zero-order valence-corrected chi connectivity index (χ0v) is 10.8. The molecule has 0 aliphatic carbocycles. The highest BCUT2D eigenvalue weighted by atomic mass is 16.5. The van der Waals surface area contributed by atoms with E-state index < -0.39 is 5.97 Å². The van der Waals surface area contributed by atoms with Crippen LogP contribution in [0.15, 0.2) is 16.5 Å². The van der Waals surface area contributed by atoms with E-state index in [0.29, 0.717) is 18.6 Å². The Hall–Kier alpha value is -1.33. The van der Waals surface area contributed by atoms with Crippen molar-refractivity contribution in [3.8, 4) is 0 Å². The van der Waals surface area contributed by atoms with Gasteiger partial charge in [0.2, 0.25) is 5.76 Å². The lowest BCUT2D eigenvalue weighted by Gasteiger charge is -2.13. The molecule has 1 saturated heterocycles. The summed E-state index contributed by atoms with van der Waals surface area (Å²) in [6.07, 6.45) is 1.42. The van der Waals surface area contributed by atoms with Gasteiger partial charge in [0.05, 0.1) is 19.8 Å². The monoisotopic (exact) mass is 253 g/mol. The van der Waals surface area contributed by atoms with Crippen molar-refractivity contribution < 1.29 is 18.7 Å². The summed E-state index contributed by atoms with van der Waals surface area (Å²) in [5.41, 5.74) is 0. The van der Waals surface area contributed by atoms with E-state index in [4.69, 9.17) is 9.15 Å². The maximum atomic E-state index is 11.2. The molecule has 0 spiro atoms. The molecule has 5 nitrogen and oxygen atoms in total. The lowest BCUT2D eigenvalue weighted by Crippen LogP contribution is -2.26. The van der Waals surface area contributed by atoms with Crippen LogP contribution in [0.25, 0.3) is 0 Å². The van der Waals surface area contributed by atoms with Gasteiger partial charge in [-0.2, -0.15) is 0 Å². The first kappa shape index (κ1) is 13.1. The summed E-state index contributed by atoms with van der Waals surface area (Å²) in [5.74, 6) is 1.09. The average molecular weight is 253 g/mol. The molecule has 0 saturated carbocycles. The highest BCUT2D eigenvalue weighted by Gasteiger charge is 2.23. The number of hydrogen-bond donors (Lipinski definition) is 1. The zero-order valence-electron chi connectivity index (χ0n) is 10.8. The molecule has 1 aromatic rings. The molecule has 1 N–H and O–H groups in total. The molecule has 100 valence electrons. The van der Waals surface area contributed by atoms with Gasteiger partial charge in [-0.15, -0.1) is 0 Å². The van der Waals surface area contributed by atoms with Crippen LogP contribution >= 0.6 is 0 Å². The molecule has 18 heavy (non-hydrogen) atoms. The average Bonchev–Trinajstić information content (AvgIpc) is 2.99. The maximum Gasteiger partial charge on any atom is 0.373 e. The minimum atomic E-state index is -0.445. The van der Waals surface area contributed by atoms with Crippen LogP contribution in [-0.4, -0.2) is 32.3 Å². The van der Waals surface area contributed by atoms with Gasteiger partial charge in [0.15, 0.2) is 0 Å². The van der Waals surface area contributed by atoms with Crippen molar-refractivity contribution in [3.05, 3.63) is 23.7 Å². The first-order valence-electron chi connectivity index (χ1n) is 6.20. The molecule has 5 heteroatoms. The molecule has 2 rings (SSSR count). The smallest absolute Gasteiger partial charge is 0.373 e. The summed E-state index contributed by atoms with van der Waals surface area (Å²) in [4.78, 5) is 11.2. The molecular weight excluding hydrogens is 234 g/mol. The lowest BCUT2D eigenvalue weighted by atomic mass is 10.0. The number of rotatable bonds is 5. The van der Waals surface area contributed by atoms with Crippen LogP contribution in [0.5, 0.6) is 0 Å². The van der Waals surface area contributed by atoms with Crippen molar-refractivity contribution in [1.82, 2.24) is 5.32 Å². The molecule has 0 aromatic carbocycles. The number of hydrogen-bond acceptors (Lipinski definition) is 5. The third-order valence-electron chi connectivity index (χ3n) is 3.29. The third kappa shape index (κ3) is 3.11. The second kappa shape index (κ2) is 6.02. The van der Waals surface area contributed by atoms with Gasteiger partial charge in [-0.1, -0.05) is 0 Å². The Balaban J connectivity index is 1.76. The zero-order chi connectivity index (χ0) is 13.0. The number of furan rings is 1. The number of nitrogens with one attached hydrogen (secondary N) is 1. The second-order valence-corrected chi connectivity index (χ2v) is 4.51. The molecule has 1 aliphatic heterocycles. The minimum absolute atomic E-state index is 0.242. The van der Waals surface area contributed by atoms with E-state index in [2.05, 4.69) is 17.0 Å². The van der Waals surface area contributed by atoms with E-state index in [1.54, 1.807) is 12.1 Å². The number of esters is 1. The Labute approximate surface area is 106 Å². The van der Waals surface area contributed by atoms with Crippen LogP contribution in [-0.2, 0) is 16.0 Å². The van der Waals surface area contributed by atoms with Crippen LogP contribution in [0.2, 0.25) is 0 Å².